The van der Waals surface area contributed by atoms with Crippen molar-refractivity contribution in [3.05, 3.63) is 29.6 Å². The molecule has 2 fully saturated rings. The van der Waals surface area contributed by atoms with Crippen LogP contribution >= 0.6 is 0 Å². The van der Waals surface area contributed by atoms with Crippen molar-refractivity contribution in [3.63, 3.8) is 0 Å². The van der Waals surface area contributed by atoms with Crippen LogP contribution in [-0.4, -0.2) is 11.9 Å². The summed E-state index contributed by atoms with van der Waals surface area (Å²) in [5, 5.41) is 2.42. The number of hydrogen-bond donors (Lipinski definition) is 2. The molecule has 0 unspecified atom stereocenters. The molecule has 1 aromatic rings. The van der Waals surface area contributed by atoms with Gasteiger partial charge >= 0.3 is 6.18 Å². The lowest BCUT2D eigenvalue weighted by molar-refractivity contribution is -0.140. The number of anilines is 1. The molecule has 2 aliphatic rings. The van der Waals surface area contributed by atoms with Gasteiger partial charge in [-0.05, 0) is 48.8 Å². The van der Waals surface area contributed by atoms with Crippen molar-refractivity contribution in [1.82, 2.24) is 0 Å². The normalized spacial score (nSPS) is 29.8. The van der Waals surface area contributed by atoms with E-state index >= 15 is 0 Å². The van der Waals surface area contributed by atoms with Gasteiger partial charge in [0.1, 0.15) is 5.82 Å². The maximum absolute atomic E-state index is 13.2. The first-order valence-corrected chi connectivity index (χ1v) is 7.69. The molecule has 1 aromatic carbocycles. The molecule has 0 heterocycles. The molecule has 0 spiro atoms. The number of carbonyl (C=O) groups excluding carboxylic acids is 1. The second-order valence-corrected chi connectivity index (χ2v) is 6.44. The van der Waals surface area contributed by atoms with E-state index in [4.69, 9.17) is 5.73 Å². The van der Waals surface area contributed by atoms with E-state index in [-0.39, 0.29) is 30.0 Å². The molecular weight excluding hydrogens is 312 g/mol. The lowest BCUT2D eigenvalue weighted by Crippen LogP contribution is -2.54. The number of amides is 1. The summed E-state index contributed by atoms with van der Waals surface area (Å²) < 4.78 is 51.2. The average molecular weight is 330 g/mol. The van der Waals surface area contributed by atoms with E-state index in [0.717, 1.165) is 25.3 Å². The number of alkyl halides is 3. The summed E-state index contributed by atoms with van der Waals surface area (Å²) in [6.45, 7) is 0. The fraction of sp³-hybridized carbons (Fsp3) is 0.562. The molecule has 0 bridgehead atoms. The molecule has 2 aliphatic carbocycles. The van der Waals surface area contributed by atoms with E-state index in [1.165, 1.54) is 0 Å². The molecule has 3 rings (SSSR count). The summed E-state index contributed by atoms with van der Waals surface area (Å²) in [5.74, 6) is -0.712. The van der Waals surface area contributed by atoms with E-state index in [1.807, 2.05) is 0 Å². The van der Waals surface area contributed by atoms with Crippen LogP contribution in [0, 0.1) is 23.6 Å². The van der Waals surface area contributed by atoms with Gasteiger partial charge in [0.2, 0.25) is 5.91 Å². The maximum atomic E-state index is 13.2. The van der Waals surface area contributed by atoms with Crippen molar-refractivity contribution in [2.24, 2.45) is 23.5 Å². The van der Waals surface area contributed by atoms with Crippen LogP contribution in [0.5, 0.6) is 0 Å². The average Bonchev–Trinajstić information content (AvgIpc) is 2.90. The Morgan fingerprint density at radius 3 is 2.65 bits per heavy atom. The highest BCUT2D eigenvalue weighted by Gasteiger charge is 2.50. The zero-order valence-corrected chi connectivity index (χ0v) is 12.4. The van der Waals surface area contributed by atoms with Crippen molar-refractivity contribution in [2.45, 2.75) is 37.9 Å². The Balaban J connectivity index is 1.64. The largest absolute Gasteiger partial charge is 0.419 e. The van der Waals surface area contributed by atoms with Crippen LogP contribution in [0.15, 0.2) is 18.2 Å². The highest BCUT2D eigenvalue weighted by atomic mass is 19.4. The minimum absolute atomic E-state index is 0.00722. The number of hydrogen-bond acceptors (Lipinski definition) is 2. The SMILES string of the molecule is N[C@H]1[C@@H]2CCC[C@@H]2[C@H]1CC(=O)Nc1ccc(F)c(C(F)(F)F)c1. The van der Waals surface area contributed by atoms with Gasteiger partial charge in [-0.25, -0.2) is 4.39 Å². The summed E-state index contributed by atoms with van der Waals surface area (Å²) >= 11 is 0. The summed E-state index contributed by atoms with van der Waals surface area (Å²) in [4.78, 5) is 12.1. The lowest BCUT2D eigenvalue weighted by Gasteiger charge is -2.47. The van der Waals surface area contributed by atoms with Crippen LogP contribution < -0.4 is 11.1 Å². The molecule has 0 aliphatic heterocycles. The van der Waals surface area contributed by atoms with Crippen molar-refractivity contribution in [3.8, 4) is 0 Å². The van der Waals surface area contributed by atoms with Gasteiger partial charge in [-0.1, -0.05) is 6.42 Å². The third-order valence-electron chi connectivity index (χ3n) is 5.14. The fourth-order valence-corrected chi connectivity index (χ4v) is 4.02. The number of rotatable bonds is 3. The van der Waals surface area contributed by atoms with Gasteiger partial charge in [-0.3, -0.25) is 4.79 Å². The Hall–Kier alpha value is -1.63. The van der Waals surface area contributed by atoms with Crippen LogP contribution in [-0.2, 0) is 11.0 Å². The van der Waals surface area contributed by atoms with Crippen molar-refractivity contribution in [2.75, 3.05) is 5.32 Å². The number of nitrogens with two attached hydrogens (primary N) is 1. The summed E-state index contributed by atoms with van der Waals surface area (Å²) in [6.07, 6.45) is -1.32. The molecule has 0 radical (unpaired) electrons. The first kappa shape index (κ1) is 16.2. The first-order chi connectivity index (χ1) is 10.8. The lowest BCUT2D eigenvalue weighted by atomic mass is 9.61. The summed E-state index contributed by atoms with van der Waals surface area (Å²) in [5.41, 5.74) is 4.63. The summed E-state index contributed by atoms with van der Waals surface area (Å²) in [6, 6.07) is 2.45. The van der Waals surface area contributed by atoms with Crippen LogP contribution in [0.1, 0.15) is 31.2 Å². The van der Waals surface area contributed by atoms with Gasteiger partial charge in [-0.15, -0.1) is 0 Å². The second kappa shape index (κ2) is 5.78. The maximum Gasteiger partial charge on any atom is 0.419 e. The molecule has 1 amide bonds. The van der Waals surface area contributed by atoms with Crippen LogP contribution in [0.3, 0.4) is 0 Å². The van der Waals surface area contributed by atoms with Gasteiger partial charge in [0.05, 0.1) is 5.56 Å². The quantitative estimate of drug-likeness (QED) is 0.833. The second-order valence-electron chi connectivity index (χ2n) is 6.44. The van der Waals surface area contributed by atoms with Crippen LogP contribution in [0.2, 0.25) is 0 Å². The highest BCUT2D eigenvalue weighted by molar-refractivity contribution is 5.91. The Kier molecular flexibility index (Phi) is 4.08. The molecule has 3 N–H and O–H groups in total. The smallest absolute Gasteiger partial charge is 0.327 e. The zero-order chi connectivity index (χ0) is 16.8. The highest BCUT2D eigenvalue weighted by Crippen LogP contribution is 2.51. The van der Waals surface area contributed by atoms with Gasteiger partial charge in [-0.2, -0.15) is 13.2 Å². The Labute approximate surface area is 131 Å². The van der Waals surface area contributed by atoms with Gasteiger partial charge < -0.3 is 11.1 Å². The monoisotopic (exact) mass is 330 g/mol. The third kappa shape index (κ3) is 3.06. The standard InChI is InChI=1S/C16H18F4N2O/c17-13-5-4-8(6-12(13)16(18,19)20)22-14(23)7-11-9-2-1-3-10(9)15(11)21/h4-6,9-11,15H,1-3,7,21H2,(H,22,23)/t9-,10+,11+,15-/m0/s1. The molecule has 7 heteroatoms. The molecule has 0 aromatic heterocycles. The summed E-state index contributed by atoms with van der Waals surface area (Å²) in [7, 11) is 0. The molecule has 4 atom stereocenters. The number of nitrogens with one attached hydrogen (secondary N) is 1. The number of halogens is 4. The van der Waals surface area contributed by atoms with E-state index in [2.05, 4.69) is 5.32 Å². The molecule has 23 heavy (non-hydrogen) atoms. The minimum Gasteiger partial charge on any atom is -0.327 e. The molecule has 0 saturated heterocycles. The van der Waals surface area contributed by atoms with Crippen molar-refractivity contribution in [1.29, 1.82) is 0 Å². The van der Waals surface area contributed by atoms with Crippen LogP contribution in [0.4, 0.5) is 23.2 Å². The fourth-order valence-electron chi connectivity index (χ4n) is 4.02. The number of fused-ring (bicyclic) bond motifs is 1. The number of carbonyl (C=O) groups is 1. The molecule has 2 saturated carbocycles. The van der Waals surface area contributed by atoms with E-state index in [9.17, 15) is 22.4 Å². The third-order valence-corrected chi connectivity index (χ3v) is 5.14. The minimum atomic E-state index is -4.79. The topological polar surface area (TPSA) is 55.1 Å². The van der Waals surface area contributed by atoms with Crippen molar-refractivity contribution >= 4 is 11.6 Å². The molecule has 3 nitrogen and oxygen atoms in total. The van der Waals surface area contributed by atoms with Crippen LogP contribution in [0.25, 0.3) is 0 Å². The van der Waals surface area contributed by atoms with E-state index in [0.29, 0.717) is 24.0 Å². The Morgan fingerprint density at radius 2 is 1.96 bits per heavy atom. The first-order valence-electron chi connectivity index (χ1n) is 7.69. The van der Waals surface area contributed by atoms with Gasteiger partial charge in [0, 0.05) is 18.2 Å². The van der Waals surface area contributed by atoms with Crippen molar-refractivity contribution < 1.29 is 22.4 Å². The Bertz CT molecular complexity index is 617. The van der Waals surface area contributed by atoms with E-state index in [1.54, 1.807) is 0 Å². The molecular formula is C16H18F4N2O. The number of benzene rings is 1. The van der Waals surface area contributed by atoms with Gasteiger partial charge in [0.25, 0.3) is 0 Å². The predicted molar refractivity (Wildman–Crippen MR) is 76.9 cm³/mol. The Morgan fingerprint density at radius 1 is 1.26 bits per heavy atom. The van der Waals surface area contributed by atoms with E-state index < -0.39 is 17.6 Å². The van der Waals surface area contributed by atoms with Gasteiger partial charge in [0.15, 0.2) is 0 Å². The predicted octanol–water partition coefficient (Wildman–Crippen LogP) is 3.55. The molecule has 126 valence electrons. The zero-order valence-electron chi connectivity index (χ0n) is 12.4.